The SMILES string of the molecule is CC(C)[CH]c1cnc(-c2c(Cl)cccc2Cl)c(Cl)c1. The molecule has 0 saturated heterocycles. The van der Waals surface area contributed by atoms with Gasteiger partial charge in [-0.15, -0.1) is 0 Å². The van der Waals surface area contributed by atoms with Crippen molar-refractivity contribution in [3.8, 4) is 11.3 Å². The maximum atomic E-state index is 6.29. The average molecular weight is 314 g/mol. The fraction of sp³-hybridized carbons (Fsp3) is 0.200. The highest BCUT2D eigenvalue weighted by Gasteiger charge is 2.14. The van der Waals surface area contributed by atoms with Gasteiger partial charge in [-0.05, 0) is 36.1 Å². The summed E-state index contributed by atoms with van der Waals surface area (Å²) in [5.74, 6) is 0.438. The molecule has 0 amide bonds. The summed E-state index contributed by atoms with van der Waals surface area (Å²) in [6.45, 7) is 4.21. The highest BCUT2D eigenvalue weighted by atomic mass is 35.5. The van der Waals surface area contributed by atoms with Crippen LogP contribution in [0, 0.1) is 12.3 Å². The molecular formula is C15H13Cl3N. The number of aromatic nitrogens is 1. The topological polar surface area (TPSA) is 12.9 Å². The molecule has 2 rings (SSSR count). The summed E-state index contributed by atoms with van der Waals surface area (Å²) in [7, 11) is 0. The summed E-state index contributed by atoms with van der Waals surface area (Å²) in [5.41, 5.74) is 2.28. The highest BCUT2D eigenvalue weighted by molar-refractivity contribution is 6.40. The fourth-order valence-corrected chi connectivity index (χ4v) is 2.68. The van der Waals surface area contributed by atoms with Gasteiger partial charge in [-0.25, -0.2) is 0 Å². The maximum absolute atomic E-state index is 6.29. The summed E-state index contributed by atoms with van der Waals surface area (Å²) >= 11 is 18.6. The third kappa shape index (κ3) is 3.42. The lowest BCUT2D eigenvalue weighted by molar-refractivity contribution is 0.775. The number of rotatable bonds is 3. The number of pyridine rings is 1. The van der Waals surface area contributed by atoms with Crippen LogP contribution in [0.25, 0.3) is 11.3 Å². The lowest BCUT2D eigenvalue weighted by Gasteiger charge is -2.10. The van der Waals surface area contributed by atoms with Crippen molar-refractivity contribution in [2.24, 2.45) is 5.92 Å². The van der Waals surface area contributed by atoms with E-state index in [1.54, 1.807) is 24.4 Å². The van der Waals surface area contributed by atoms with Crippen molar-refractivity contribution in [2.75, 3.05) is 0 Å². The molecule has 4 heteroatoms. The lowest BCUT2D eigenvalue weighted by atomic mass is 10.0. The maximum Gasteiger partial charge on any atom is 0.0918 e. The van der Waals surface area contributed by atoms with Gasteiger partial charge in [0.05, 0.1) is 20.8 Å². The van der Waals surface area contributed by atoms with E-state index in [-0.39, 0.29) is 0 Å². The molecular weight excluding hydrogens is 301 g/mol. The van der Waals surface area contributed by atoms with Gasteiger partial charge in [0.2, 0.25) is 0 Å². The van der Waals surface area contributed by atoms with Crippen LogP contribution in [0.15, 0.2) is 30.5 Å². The first kappa shape index (κ1) is 14.6. The van der Waals surface area contributed by atoms with Crippen LogP contribution in [-0.4, -0.2) is 4.98 Å². The molecule has 0 saturated carbocycles. The van der Waals surface area contributed by atoms with Crippen LogP contribution in [-0.2, 0) is 0 Å². The molecule has 0 aliphatic carbocycles. The summed E-state index contributed by atoms with van der Waals surface area (Å²) in [6.07, 6.45) is 3.87. The predicted molar refractivity (Wildman–Crippen MR) is 82.9 cm³/mol. The molecule has 99 valence electrons. The smallest absolute Gasteiger partial charge is 0.0918 e. The van der Waals surface area contributed by atoms with Gasteiger partial charge in [0, 0.05) is 11.8 Å². The molecule has 0 fully saturated rings. The monoisotopic (exact) mass is 312 g/mol. The Morgan fingerprint density at radius 2 is 1.68 bits per heavy atom. The van der Waals surface area contributed by atoms with E-state index in [1.165, 1.54) is 0 Å². The standard InChI is InChI=1S/C15H13Cl3N/c1-9(2)6-10-7-13(18)15(19-8-10)14-11(16)4-3-5-12(14)17/h3-9H,1-2H3. The van der Waals surface area contributed by atoms with Crippen molar-refractivity contribution >= 4 is 34.8 Å². The number of hydrogen-bond acceptors (Lipinski definition) is 1. The zero-order valence-electron chi connectivity index (χ0n) is 10.6. The normalized spacial score (nSPS) is 11.1. The van der Waals surface area contributed by atoms with E-state index >= 15 is 0 Å². The largest absolute Gasteiger partial charge is 0.254 e. The number of nitrogens with zero attached hydrogens (tertiary/aromatic N) is 1. The number of hydrogen-bond donors (Lipinski definition) is 0. The van der Waals surface area contributed by atoms with Crippen molar-refractivity contribution < 1.29 is 0 Å². The van der Waals surface area contributed by atoms with Crippen LogP contribution < -0.4 is 0 Å². The van der Waals surface area contributed by atoms with Crippen LogP contribution >= 0.6 is 34.8 Å². The van der Waals surface area contributed by atoms with Gasteiger partial charge >= 0.3 is 0 Å². The van der Waals surface area contributed by atoms with Crippen LogP contribution in [0.4, 0.5) is 0 Å². The summed E-state index contributed by atoms with van der Waals surface area (Å²) in [4.78, 5) is 4.39. The summed E-state index contributed by atoms with van der Waals surface area (Å²) in [6, 6.07) is 7.22. The molecule has 0 aliphatic heterocycles. The first-order valence-electron chi connectivity index (χ1n) is 5.94. The van der Waals surface area contributed by atoms with Gasteiger partial charge in [-0.3, -0.25) is 4.98 Å². The van der Waals surface area contributed by atoms with E-state index in [2.05, 4.69) is 25.3 Å². The van der Waals surface area contributed by atoms with Gasteiger partial charge in [0.1, 0.15) is 0 Å². The number of benzene rings is 1. The van der Waals surface area contributed by atoms with Crippen LogP contribution in [0.5, 0.6) is 0 Å². The van der Waals surface area contributed by atoms with Crippen molar-refractivity contribution in [2.45, 2.75) is 13.8 Å². The molecule has 2 aromatic rings. The summed E-state index contributed by atoms with van der Waals surface area (Å²) < 4.78 is 0. The van der Waals surface area contributed by atoms with Crippen molar-refractivity contribution in [3.05, 3.63) is 57.5 Å². The van der Waals surface area contributed by atoms with Gasteiger partial charge in [0.25, 0.3) is 0 Å². The third-order valence-corrected chi connectivity index (χ3v) is 3.51. The van der Waals surface area contributed by atoms with Crippen LogP contribution in [0.3, 0.4) is 0 Å². The van der Waals surface area contributed by atoms with Crippen LogP contribution in [0.1, 0.15) is 19.4 Å². The Morgan fingerprint density at radius 1 is 1.05 bits per heavy atom. The minimum absolute atomic E-state index is 0.438. The molecule has 1 aromatic carbocycles. The van der Waals surface area contributed by atoms with E-state index in [0.29, 0.717) is 32.2 Å². The fourth-order valence-electron chi connectivity index (χ4n) is 1.84. The lowest BCUT2D eigenvalue weighted by Crippen LogP contribution is -1.94. The Morgan fingerprint density at radius 3 is 2.21 bits per heavy atom. The quantitative estimate of drug-likeness (QED) is 0.685. The van der Waals surface area contributed by atoms with Crippen molar-refractivity contribution in [1.82, 2.24) is 4.98 Å². The van der Waals surface area contributed by atoms with Gasteiger partial charge in [-0.2, -0.15) is 0 Å². The molecule has 19 heavy (non-hydrogen) atoms. The first-order chi connectivity index (χ1) is 8.99. The zero-order chi connectivity index (χ0) is 14.0. The minimum atomic E-state index is 0.438. The average Bonchev–Trinajstić information content (AvgIpc) is 2.30. The predicted octanol–water partition coefficient (Wildman–Crippen LogP) is 5.92. The molecule has 0 unspecified atom stereocenters. The minimum Gasteiger partial charge on any atom is -0.254 e. The molecule has 0 atom stereocenters. The van der Waals surface area contributed by atoms with Crippen molar-refractivity contribution in [3.63, 3.8) is 0 Å². The second kappa shape index (κ2) is 6.13. The third-order valence-electron chi connectivity index (χ3n) is 2.59. The molecule has 1 nitrogen and oxygen atoms in total. The van der Waals surface area contributed by atoms with E-state index < -0.39 is 0 Å². The molecule has 1 heterocycles. The Kier molecular flexibility index (Phi) is 4.72. The van der Waals surface area contributed by atoms with Gasteiger partial charge in [0.15, 0.2) is 0 Å². The molecule has 1 aromatic heterocycles. The molecule has 0 N–H and O–H groups in total. The van der Waals surface area contributed by atoms with Crippen LogP contribution in [0.2, 0.25) is 15.1 Å². The highest BCUT2D eigenvalue weighted by Crippen LogP contribution is 2.37. The van der Waals surface area contributed by atoms with Gasteiger partial charge in [-0.1, -0.05) is 54.7 Å². The Balaban J connectivity index is 2.47. The Bertz CT molecular complexity index is 574. The Hall–Kier alpha value is -0.760. The van der Waals surface area contributed by atoms with E-state index in [0.717, 1.165) is 5.56 Å². The van der Waals surface area contributed by atoms with E-state index in [4.69, 9.17) is 34.8 Å². The molecule has 1 radical (unpaired) electrons. The van der Waals surface area contributed by atoms with Crippen molar-refractivity contribution in [1.29, 1.82) is 0 Å². The van der Waals surface area contributed by atoms with E-state index in [9.17, 15) is 0 Å². The molecule has 0 aliphatic rings. The van der Waals surface area contributed by atoms with Gasteiger partial charge < -0.3 is 0 Å². The zero-order valence-corrected chi connectivity index (χ0v) is 12.9. The number of halogens is 3. The molecule has 0 spiro atoms. The Labute approximate surface area is 128 Å². The second-order valence-electron chi connectivity index (χ2n) is 4.61. The first-order valence-corrected chi connectivity index (χ1v) is 7.07. The van der Waals surface area contributed by atoms with E-state index in [1.807, 2.05) is 6.07 Å². The molecule has 0 bridgehead atoms. The summed E-state index contributed by atoms with van der Waals surface area (Å²) in [5, 5.41) is 1.63. The second-order valence-corrected chi connectivity index (χ2v) is 5.83.